The Hall–Kier alpha value is -0.910. The van der Waals surface area contributed by atoms with Crippen LogP contribution in [-0.4, -0.2) is 32.7 Å². The third kappa shape index (κ3) is 5.81. The summed E-state index contributed by atoms with van der Waals surface area (Å²) in [6.45, 7) is 3.93. The highest BCUT2D eigenvalue weighted by Gasteiger charge is 2.06. The van der Waals surface area contributed by atoms with Gasteiger partial charge in [-0.3, -0.25) is 4.79 Å². The first-order valence-corrected chi connectivity index (χ1v) is 6.69. The van der Waals surface area contributed by atoms with Crippen LogP contribution in [0.1, 0.15) is 24.9 Å². The van der Waals surface area contributed by atoms with E-state index >= 15 is 0 Å². The van der Waals surface area contributed by atoms with Crippen LogP contribution in [0.5, 0.6) is 0 Å². The number of methoxy groups -OCH3 is 1. The molecule has 0 fully saturated rings. The van der Waals surface area contributed by atoms with Crippen molar-refractivity contribution in [3.8, 4) is 0 Å². The Balaban J connectivity index is 2.09. The summed E-state index contributed by atoms with van der Waals surface area (Å²) in [6, 6.07) is 2.40. The summed E-state index contributed by atoms with van der Waals surface area (Å²) in [5, 5.41) is 10.3. The Labute approximate surface area is 106 Å². The Kier molecular flexibility index (Phi) is 6.84. The van der Waals surface area contributed by atoms with Gasteiger partial charge in [0.1, 0.15) is 0 Å². The van der Waals surface area contributed by atoms with Crippen molar-refractivity contribution in [3.05, 3.63) is 22.4 Å². The molecule has 1 amide bonds. The molecule has 0 spiro atoms. The number of rotatable bonds is 8. The maximum atomic E-state index is 11.4. The van der Waals surface area contributed by atoms with Crippen LogP contribution in [0.2, 0.25) is 0 Å². The molecule has 0 saturated heterocycles. The lowest BCUT2D eigenvalue weighted by molar-refractivity contribution is -0.121. The van der Waals surface area contributed by atoms with Crippen LogP contribution < -0.4 is 10.6 Å². The van der Waals surface area contributed by atoms with Crippen molar-refractivity contribution in [1.29, 1.82) is 0 Å². The van der Waals surface area contributed by atoms with Crippen molar-refractivity contribution in [1.82, 2.24) is 10.6 Å². The van der Waals surface area contributed by atoms with Crippen LogP contribution in [0.15, 0.2) is 16.8 Å². The molecule has 0 bridgehead atoms. The second kappa shape index (κ2) is 8.22. The highest BCUT2D eigenvalue weighted by Crippen LogP contribution is 2.14. The molecule has 1 unspecified atom stereocenters. The molecular weight excluding hydrogens is 236 g/mol. The van der Waals surface area contributed by atoms with E-state index in [0.29, 0.717) is 32.2 Å². The second-order valence-corrected chi connectivity index (χ2v) is 4.61. The zero-order valence-electron chi connectivity index (χ0n) is 10.4. The van der Waals surface area contributed by atoms with E-state index in [4.69, 9.17) is 4.74 Å². The van der Waals surface area contributed by atoms with Gasteiger partial charge in [0.2, 0.25) is 5.91 Å². The molecule has 0 saturated carbocycles. The molecule has 1 heterocycles. The first-order valence-electron chi connectivity index (χ1n) is 5.75. The average molecular weight is 256 g/mol. The molecule has 4 nitrogen and oxygen atoms in total. The molecule has 1 atom stereocenters. The number of hydrogen-bond acceptors (Lipinski definition) is 4. The minimum absolute atomic E-state index is 0.0621. The van der Waals surface area contributed by atoms with Crippen molar-refractivity contribution < 1.29 is 9.53 Å². The summed E-state index contributed by atoms with van der Waals surface area (Å²) >= 11 is 1.69. The smallest absolute Gasteiger partial charge is 0.221 e. The number of ether oxygens (including phenoxy) is 1. The number of nitrogens with one attached hydrogen (secondary N) is 2. The minimum atomic E-state index is 0.0621. The molecule has 0 aromatic carbocycles. The van der Waals surface area contributed by atoms with E-state index in [1.54, 1.807) is 18.4 Å². The fraction of sp³-hybridized carbons (Fsp3) is 0.583. The first kappa shape index (κ1) is 14.2. The van der Waals surface area contributed by atoms with Gasteiger partial charge in [0, 0.05) is 32.7 Å². The van der Waals surface area contributed by atoms with E-state index in [1.165, 1.54) is 5.56 Å². The predicted molar refractivity (Wildman–Crippen MR) is 70.2 cm³/mol. The van der Waals surface area contributed by atoms with Gasteiger partial charge in [-0.15, -0.1) is 0 Å². The van der Waals surface area contributed by atoms with E-state index < -0.39 is 0 Å². The lowest BCUT2D eigenvalue weighted by Crippen LogP contribution is -2.30. The monoisotopic (exact) mass is 256 g/mol. The third-order valence-corrected chi connectivity index (χ3v) is 3.18. The molecule has 1 aromatic rings. The number of hydrogen-bond donors (Lipinski definition) is 2. The molecule has 17 heavy (non-hydrogen) atoms. The van der Waals surface area contributed by atoms with Gasteiger partial charge in [-0.05, 0) is 29.3 Å². The lowest BCUT2D eigenvalue weighted by atomic mass is 10.2. The van der Waals surface area contributed by atoms with Gasteiger partial charge in [0.25, 0.3) is 0 Å². The highest BCUT2D eigenvalue weighted by atomic mass is 32.1. The van der Waals surface area contributed by atoms with Gasteiger partial charge in [0.15, 0.2) is 0 Å². The Morgan fingerprint density at radius 2 is 2.35 bits per heavy atom. The molecule has 2 N–H and O–H groups in total. The van der Waals surface area contributed by atoms with Crippen molar-refractivity contribution in [3.63, 3.8) is 0 Å². The summed E-state index contributed by atoms with van der Waals surface area (Å²) < 4.78 is 4.85. The highest BCUT2D eigenvalue weighted by molar-refractivity contribution is 7.07. The zero-order valence-corrected chi connectivity index (χ0v) is 11.2. The molecule has 0 aliphatic carbocycles. The van der Waals surface area contributed by atoms with Crippen LogP contribution in [0.3, 0.4) is 0 Å². The summed E-state index contributed by atoms with van der Waals surface area (Å²) in [7, 11) is 1.62. The van der Waals surface area contributed by atoms with Crippen molar-refractivity contribution in [2.75, 3.05) is 26.8 Å². The number of carbonyl (C=O) groups excluding carboxylic acids is 1. The molecule has 96 valence electrons. The Morgan fingerprint density at radius 3 is 3.00 bits per heavy atom. The molecule has 0 aliphatic rings. The Bertz CT molecular complexity index is 314. The quantitative estimate of drug-likeness (QED) is 0.694. The van der Waals surface area contributed by atoms with Gasteiger partial charge in [-0.1, -0.05) is 0 Å². The van der Waals surface area contributed by atoms with Crippen molar-refractivity contribution >= 4 is 17.2 Å². The predicted octanol–water partition coefficient (Wildman–Crippen LogP) is 1.55. The van der Waals surface area contributed by atoms with Crippen LogP contribution >= 0.6 is 11.3 Å². The standard InChI is InChI=1S/C12H20N2O2S/c1-10(11-4-8-17-9-11)13-5-3-12(15)14-6-7-16-2/h4,8-10,13H,3,5-7H2,1-2H3,(H,14,15). The van der Waals surface area contributed by atoms with Gasteiger partial charge < -0.3 is 15.4 Å². The summed E-state index contributed by atoms with van der Waals surface area (Å²) in [5.74, 6) is 0.0621. The Morgan fingerprint density at radius 1 is 1.53 bits per heavy atom. The van der Waals surface area contributed by atoms with E-state index in [0.717, 1.165) is 0 Å². The largest absolute Gasteiger partial charge is 0.383 e. The van der Waals surface area contributed by atoms with Crippen LogP contribution in [0.25, 0.3) is 0 Å². The van der Waals surface area contributed by atoms with E-state index in [9.17, 15) is 4.79 Å². The maximum Gasteiger partial charge on any atom is 0.221 e. The fourth-order valence-corrected chi connectivity index (χ4v) is 2.18. The average Bonchev–Trinajstić information content (AvgIpc) is 2.82. The zero-order chi connectivity index (χ0) is 12.5. The topological polar surface area (TPSA) is 50.4 Å². The van der Waals surface area contributed by atoms with Crippen molar-refractivity contribution in [2.24, 2.45) is 0 Å². The van der Waals surface area contributed by atoms with Crippen LogP contribution in [-0.2, 0) is 9.53 Å². The second-order valence-electron chi connectivity index (χ2n) is 3.83. The van der Waals surface area contributed by atoms with Gasteiger partial charge in [-0.25, -0.2) is 0 Å². The minimum Gasteiger partial charge on any atom is -0.383 e. The van der Waals surface area contributed by atoms with Crippen LogP contribution in [0.4, 0.5) is 0 Å². The summed E-state index contributed by atoms with van der Waals surface area (Å²) in [6.07, 6.45) is 0.498. The normalized spacial score (nSPS) is 12.4. The number of thiophene rings is 1. The summed E-state index contributed by atoms with van der Waals surface area (Å²) in [4.78, 5) is 11.4. The molecule has 0 aliphatic heterocycles. The van der Waals surface area contributed by atoms with Gasteiger partial charge in [-0.2, -0.15) is 11.3 Å². The number of carbonyl (C=O) groups is 1. The first-order chi connectivity index (χ1) is 8.24. The van der Waals surface area contributed by atoms with E-state index in [-0.39, 0.29) is 5.91 Å². The molecule has 0 radical (unpaired) electrons. The molecular formula is C12H20N2O2S. The molecule has 5 heteroatoms. The molecule has 1 aromatic heterocycles. The van der Waals surface area contributed by atoms with Gasteiger partial charge >= 0.3 is 0 Å². The van der Waals surface area contributed by atoms with Crippen LogP contribution in [0, 0.1) is 0 Å². The lowest BCUT2D eigenvalue weighted by Gasteiger charge is -2.12. The van der Waals surface area contributed by atoms with E-state index in [2.05, 4.69) is 34.4 Å². The third-order valence-electron chi connectivity index (χ3n) is 2.47. The summed E-state index contributed by atoms with van der Waals surface area (Å²) in [5.41, 5.74) is 1.27. The maximum absolute atomic E-state index is 11.4. The fourth-order valence-electron chi connectivity index (χ4n) is 1.42. The molecule has 1 rings (SSSR count). The van der Waals surface area contributed by atoms with Gasteiger partial charge in [0.05, 0.1) is 6.61 Å². The SMILES string of the molecule is COCCNC(=O)CCNC(C)c1ccsc1. The van der Waals surface area contributed by atoms with E-state index in [1.807, 2.05) is 0 Å². The number of amides is 1. The van der Waals surface area contributed by atoms with Crippen molar-refractivity contribution in [2.45, 2.75) is 19.4 Å².